The summed E-state index contributed by atoms with van der Waals surface area (Å²) < 4.78 is 41.0. The van der Waals surface area contributed by atoms with Crippen LogP contribution in [0.25, 0.3) is 0 Å². The van der Waals surface area contributed by atoms with Gasteiger partial charge in [0.2, 0.25) is 5.91 Å². The summed E-state index contributed by atoms with van der Waals surface area (Å²) in [5, 5.41) is 2.74. The van der Waals surface area contributed by atoms with Gasteiger partial charge in [-0.25, -0.2) is 8.70 Å². The van der Waals surface area contributed by atoms with Gasteiger partial charge in [0.05, 0.1) is 5.69 Å². The monoisotopic (exact) mass is 400 g/mol. The Hall–Kier alpha value is -1.71. The molecule has 0 bridgehead atoms. The van der Waals surface area contributed by atoms with E-state index in [1.165, 1.54) is 57.6 Å². The number of nitrogens with one attached hydrogen (secondary N) is 1. The topological polar surface area (TPSA) is 73.0 Å². The summed E-state index contributed by atoms with van der Waals surface area (Å²) in [6.07, 6.45) is 4.50. The van der Waals surface area contributed by atoms with Crippen molar-refractivity contribution in [3.05, 3.63) is 30.1 Å². The number of para-hydroxylation sites is 1. The summed E-state index contributed by atoms with van der Waals surface area (Å²) in [6, 6.07) is 5.52. The molecule has 0 aromatic heterocycles. The fourth-order valence-corrected chi connectivity index (χ4v) is 4.11. The predicted octanol–water partition coefficient (Wildman–Crippen LogP) is 1.43. The molecule has 0 radical (unpaired) electrons. The van der Waals surface area contributed by atoms with Crippen LogP contribution in [0.2, 0.25) is 0 Å². The molecule has 1 aromatic carbocycles. The molecule has 1 N–H and O–H groups in total. The van der Waals surface area contributed by atoms with Gasteiger partial charge in [-0.2, -0.15) is 12.7 Å². The molecule has 1 aliphatic rings. The number of rotatable bonds is 9. The molecule has 1 aromatic rings. The number of likely N-dealkylation sites (tertiary alicyclic amines) is 1. The van der Waals surface area contributed by atoms with E-state index < -0.39 is 28.5 Å². The first-order chi connectivity index (χ1) is 12.8. The molecule has 0 atom stereocenters. The molecule has 9 heteroatoms. The van der Waals surface area contributed by atoms with Crippen LogP contribution in [-0.2, 0) is 15.0 Å². The Kier molecular flexibility index (Phi) is 8.00. The smallest absolute Gasteiger partial charge is 0.304 e. The summed E-state index contributed by atoms with van der Waals surface area (Å²) in [6.45, 7) is 3.09. The molecule has 27 heavy (non-hydrogen) atoms. The largest absolute Gasteiger partial charge is 0.354 e. The number of carbonyl (C=O) groups excluding carboxylic acids is 1. The lowest BCUT2D eigenvalue weighted by Crippen LogP contribution is -2.46. The molecular formula is C18H29FN4O3S. The van der Waals surface area contributed by atoms with E-state index >= 15 is 0 Å². The number of carbonyl (C=O) groups is 1. The van der Waals surface area contributed by atoms with E-state index in [0.29, 0.717) is 6.54 Å². The summed E-state index contributed by atoms with van der Waals surface area (Å²) in [5.41, 5.74) is -0.144. The molecule has 0 saturated carbocycles. The van der Waals surface area contributed by atoms with Crippen LogP contribution >= 0.6 is 0 Å². The maximum atomic E-state index is 14.1. The third-order valence-electron chi connectivity index (χ3n) is 4.57. The lowest BCUT2D eigenvalue weighted by molar-refractivity contribution is -0.119. The van der Waals surface area contributed by atoms with Gasteiger partial charge in [0.25, 0.3) is 0 Å². The van der Waals surface area contributed by atoms with Gasteiger partial charge in [-0.1, -0.05) is 18.6 Å². The first-order valence-corrected chi connectivity index (χ1v) is 10.7. The maximum Gasteiger partial charge on any atom is 0.304 e. The Balaban J connectivity index is 1.94. The van der Waals surface area contributed by atoms with Crippen LogP contribution in [-0.4, -0.2) is 70.3 Å². The van der Waals surface area contributed by atoms with E-state index in [1.807, 2.05) is 0 Å². The zero-order valence-corrected chi connectivity index (χ0v) is 16.8. The van der Waals surface area contributed by atoms with Crippen molar-refractivity contribution in [2.75, 3.05) is 51.1 Å². The zero-order valence-electron chi connectivity index (χ0n) is 16.0. The van der Waals surface area contributed by atoms with Crippen molar-refractivity contribution >= 4 is 21.8 Å². The van der Waals surface area contributed by atoms with Crippen LogP contribution in [0, 0.1) is 5.82 Å². The summed E-state index contributed by atoms with van der Waals surface area (Å²) in [5.74, 6) is -1.15. The molecule has 1 aliphatic heterocycles. The average molecular weight is 401 g/mol. The van der Waals surface area contributed by atoms with Crippen molar-refractivity contribution in [2.24, 2.45) is 0 Å². The second-order valence-corrected chi connectivity index (χ2v) is 8.92. The van der Waals surface area contributed by atoms with Crippen molar-refractivity contribution < 1.29 is 17.6 Å². The Labute approximate surface area is 161 Å². The first-order valence-electron chi connectivity index (χ1n) is 9.26. The molecule has 0 spiro atoms. The van der Waals surface area contributed by atoms with Crippen molar-refractivity contribution in [2.45, 2.75) is 25.7 Å². The summed E-state index contributed by atoms with van der Waals surface area (Å²) in [7, 11) is -1.31. The van der Waals surface area contributed by atoms with Crippen molar-refractivity contribution in [3.8, 4) is 0 Å². The SMILES string of the molecule is CN(C)S(=O)(=O)N(CC(=O)NCCCN1CCCCC1)c1ccccc1F. The fraction of sp³-hybridized carbons (Fsp3) is 0.611. The zero-order chi connectivity index (χ0) is 19.9. The third-order valence-corrected chi connectivity index (χ3v) is 6.38. The second kappa shape index (κ2) is 10.0. The molecule has 152 valence electrons. The van der Waals surface area contributed by atoms with E-state index in [9.17, 15) is 17.6 Å². The Morgan fingerprint density at radius 3 is 2.48 bits per heavy atom. The van der Waals surface area contributed by atoms with Gasteiger partial charge in [0.15, 0.2) is 0 Å². The molecule has 1 saturated heterocycles. The van der Waals surface area contributed by atoms with Gasteiger partial charge in [0.1, 0.15) is 12.4 Å². The molecule has 1 fully saturated rings. The van der Waals surface area contributed by atoms with Crippen LogP contribution < -0.4 is 9.62 Å². The van der Waals surface area contributed by atoms with Gasteiger partial charge in [0, 0.05) is 20.6 Å². The molecule has 0 unspecified atom stereocenters. The standard InChI is InChI=1S/C18H29FN4O3S/c1-21(2)27(25,26)23(17-10-5-4-9-16(17)19)15-18(24)20-11-8-14-22-12-6-3-7-13-22/h4-5,9-10H,3,6-8,11-15H2,1-2H3,(H,20,24). The van der Waals surface area contributed by atoms with E-state index in [-0.39, 0.29) is 5.69 Å². The lowest BCUT2D eigenvalue weighted by Gasteiger charge is -2.27. The summed E-state index contributed by atoms with van der Waals surface area (Å²) >= 11 is 0. The average Bonchev–Trinajstić information content (AvgIpc) is 2.64. The quantitative estimate of drug-likeness (QED) is 0.637. The van der Waals surface area contributed by atoms with Crippen LogP contribution in [0.3, 0.4) is 0 Å². The second-order valence-electron chi connectivity index (χ2n) is 6.85. The highest BCUT2D eigenvalue weighted by Crippen LogP contribution is 2.22. The number of anilines is 1. The predicted molar refractivity (Wildman–Crippen MR) is 104 cm³/mol. The van der Waals surface area contributed by atoms with E-state index in [0.717, 1.165) is 34.7 Å². The molecule has 2 rings (SSSR count). The lowest BCUT2D eigenvalue weighted by atomic mass is 10.1. The van der Waals surface area contributed by atoms with Crippen LogP contribution in [0.1, 0.15) is 25.7 Å². The minimum atomic E-state index is -4.00. The Morgan fingerprint density at radius 2 is 1.85 bits per heavy atom. The van der Waals surface area contributed by atoms with Crippen molar-refractivity contribution in [3.63, 3.8) is 0 Å². The number of amides is 1. The Morgan fingerprint density at radius 1 is 1.19 bits per heavy atom. The number of halogens is 1. The number of piperidine rings is 1. The number of hydrogen-bond acceptors (Lipinski definition) is 4. The van der Waals surface area contributed by atoms with Crippen molar-refractivity contribution in [1.82, 2.24) is 14.5 Å². The van der Waals surface area contributed by atoms with E-state index in [1.54, 1.807) is 0 Å². The number of nitrogens with zero attached hydrogens (tertiary/aromatic N) is 3. The van der Waals surface area contributed by atoms with Gasteiger partial charge in [-0.3, -0.25) is 4.79 Å². The van der Waals surface area contributed by atoms with Crippen molar-refractivity contribution in [1.29, 1.82) is 0 Å². The van der Waals surface area contributed by atoms with Gasteiger partial charge in [-0.05, 0) is 51.0 Å². The van der Waals surface area contributed by atoms with E-state index in [4.69, 9.17) is 0 Å². The van der Waals surface area contributed by atoms with E-state index in [2.05, 4.69) is 10.2 Å². The minimum Gasteiger partial charge on any atom is -0.354 e. The Bertz CT molecular complexity index is 721. The highest BCUT2D eigenvalue weighted by atomic mass is 32.2. The third kappa shape index (κ3) is 6.15. The molecule has 1 heterocycles. The number of benzene rings is 1. The number of hydrogen-bond donors (Lipinski definition) is 1. The van der Waals surface area contributed by atoms with Crippen LogP contribution in [0.5, 0.6) is 0 Å². The first kappa shape index (κ1) is 21.6. The molecule has 1 amide bonds. The fourth-order valence-electron chi connectivity index (χ4n) is 3.04. The highest BCUT2D eigenvalue weighted by Gasteiger charge is 2.29. The normalized spacial score (nSPS) is 15.7. The molecular weight excluding hydrogens is 371 g/mol. The minimum absolute atomic E-state index is 0.144. The summed E-state index contributed by atoms with van der Waals surface area (Å²) in [4.78, 5) is 14.7. The van der Waals surface area contributed by atoms with Crippen LogP contribution in [0.15, 0.2) is 24.3 Å². The highest BCUT2D eigenvalue weighted by molar-refractivity contribution is 7.90. The van der Waals surface area contributed by atoms with Gasteiger partial charge >= 0.3 is 10.2 Å². The van der Waals surface area contributed by atoms with Crippen LogP contribution in [0.4, 0.5) is 10.1 Å². The van der Waals surface area contributed by atoms with Gasteiger partial charge in [-0.15, -0.1) is 0 Å². The molecule has 7 nitrogen and oxygen atoms in total. The van der Waals surface area contributed by atoms with Gasteiger partial charge < -0.3 is 10.2 Å². The maximum absolute atomic E-state index is 14.1. The molecule has 0 aliphatic carbocycles.